The van der Waals surface area contributed by atoms with Gasteiger partial charge in [0.1, 0.15) is 0 Å². The molecule has 2 rings (SSSR count). The molecule has 0 aliphatic carbocycles. The summed E-state index contributed by atoms with van der Waals surface area (Å²) >= 11 is 0. The molecule has 16 heavy (non-hydrogen) atoms. The largest absolute Gasteiger partial charge is 0.327 e. The summed E-state index contributed by atoms with van der Waals surface area (Å²) in [5.74, 6) is 0. The number of aromatic nitrogens is 2. The maximum atomic E-state index is 5.92. The molecular formula is C13H17N3. The third-order valence-corrected chi connectivity index (χ3v) is 2.73. The molecule has 0 fully saturated rings. The van der Waals surface area contributed by atoms with Crippen molar-refractivity contribution < 1.29 is 0 Å². The molecule has 1 aromatic carbocycles. The van der Waals surface area contributed by atoms with Gasteiger partial charge < -0.3 is 5.73 Å². The van der Waals surface area contributed by atoms with Crippen LogP contribution in [0.5, 0.6) is 0 Å². The van der Waals surface area contributed by atoms with E-state index < -0.39 is 0 Å². The summed E-state index contributed by atoms with van der Waals surface area (Å²) in [6, 6.07) is 10.6. The quantitative estimate of drug-likeness (QED) is 0.849. The Labute approximate surface area is 95.9 Å². The first-order chi connectivity index (χ1) is 7.79. The Hall–Kier alpha value is -1.61. The molecule has 2 N–H and O–H groups in total. The fraction of sp³-hybridized carbons (Fsp3) is 0.308. The van der Waals surface area contributed by atoms with E-state index in [1.54, 1.807) is 6.20 Å². The van der Waals surface area contributed by atoms with Crippen molar-refractivity contribution in [3.63, 3.8) is 0 Å². The van der Waals surface area contributed by atoms with Crippen molar-refractivity contribution in [2.24, 2.45) is 5.73 Å². The van der Waals surface area contributed by atoms with Crippen LogP contribution in [0.1, 0.15) is 18.9 Å². The molecule has 0 aliphatic rings. The van der Waals surface area contributed by atoms with Crippen molar-refractivity contribution in [1.82, 2.24) is 9.78 Å². The highest BCUT2D eigenvalue weighted by Gasteiger charge is 2.01. The molecule has 1 aromatic heterocycles. The highest BCUT2D eigenvalue weighted by molar-refractivity contribution is 5.34. The average Bonchev–Trinajstić information content (AvgIpc) is 2.83. The average molecular weight is 215 g/mol. The van der Waals surface area contributed by atoms with E-state index in [2.05, 4.69) is 36.3 Å². The predicted molar refractivity (Wildman–Crippen MR) is 65.5 cm³/mol. The van der Waals surface area contributed by atoms with Gasteiger partial charge in [-0.2, -0.15) is 5.10 Å². The van der Waals surface area contributed by atoms with Gasteiger partial charge in [-0.25, -0.2) is 4.68 Å². The summed E-state index contributed by atoms with van der Waals surface area (Å²) < 4.78 is 1.85. The molecule has 3 heteroatoms. The molecule has 1 heterocycles. The lowest BCUT2D eigenvalue weighted by molar-refractivity contribution is 0.646. The second-order valence-corrected chi connectivity index (χ2v) is 3.99. The Morgan fingerprint density at radius 3 is 2.62 bits per heavy atom. The Morgan fingerprint density at radius 2 is 2.06 bits per heavy atom. The van der Waals surface area contributed by atoms with E-state index in [9.17, 15) is 0 Å². The number of rotatable bonds is 4. The summed E-state index contributed by atoms with van der Waals surface area (Å²) in [5, 5.41) is 4.19. The van der Waals surface area contributed by atoms with E-state index in [-0.39, 0.29) is 6.04 Å². The number of benzene rings is 1. The first-order valence-corrected chi connectivity index (χ1v) is 5.64. The minimum absolute atomic E-state index is 0.260. The number of nitrogens with two attached hydrogens (primary N) is 1. The molecule has 1 unspecified atom stereocenters. The molecule has 0 aliphatic heterocycles. The Bertz CT molecular complexity index is 417. The summed E-state index contributed by atoms with van der Waals surface area (Å²) in [5.41, 5.74) is 8.28. The third-order valence-electron chi connectivity index (χ3n) is 2.73. The fourth-order valence-electron chi connectivity index (χ4n) is 1.65. The first kappa shape index (κ1) is 10.9. The molecular weight excluding hydrogens is 198 g/mol. The van der Waals surface area contributed by atoms with E-state index in [4.69, 9.17) is 5.73 Å². The van der Waals surface area contributed by atoms with Crippen LogP contribution < -0.4 is 5.73 Å². The normalized spacial score (nSPS) is 12.6. The fourth-order valence-corrected chi connectivity index (χ4v) is 1.65. The van der Waals surface area contributed by atoms with Gasteiger partial charge in [-0.3, -0.25) is 0 Å². The molecule has 0 bridgehead atoms. The smallest absolute Gasteiger partial charge is 0.0645 e. The van der Waals surface area contributed by atoms with Gasteiger partial charge in [0.2, 0.25) is 0 Å². The number of hydrogen-bond donors (Lipinski definition) is 1. The zero-order valence-corrected chi connectivity index (χ0v) is 9.50. The molecule has 3 nitrogen and oxygen atoms in total. The summed E-state index contributed by atoms with van der Waals surface area (Å²) in [4.78, 5) is 0. The maximum Gasteiger partial charge on any atom is 0.0645 e. The standard InChI is InChI=1S/C13H17N3/c1-2-12(14)10-11-4-6-13(7-5-11)16-9-3-8-15-16/h3-9,12H,2,10,14H2,1H3. The van der Waals surface area contributed by atoms with E-state index >= 15 is 0 Å². The highest BCUT2D eigenvalue weighted by Crippen LogP contribution is 2.10. The monoisotopic (exact) mass is 215 g/mol. The Kier molecular flexibility index (Phi) is 3.37. The Balaban J connectivity index is 2.11. The van der Waals surface area contributed by atoms with Crippen molar-refractivity contribution in [2.45, 2.75) is 25.8 Å². The van der Waals surface area contributed by atoms with Gasteiger partial charge >= 0.3 is 0 Å². The zero-order valence-electron chi connectivity index (χ0n) is 9.50. The molecule has 0 radical (unpaired) electrons. The van der Waals surface area contributed by atoms with Crippen LogP contribution in [0, 0.1) is 0 Å². The zero-order chi connectivity index (χ0) is 11.4. The molecule has 0 amide bonds. The predicted octanol–water partition coefficient (Wildman–Crippen LogP) is 2.15. The second kappa shape index (κ2) is 4.94. The van der Waals surface area contributed by atoms with E-state index in [1.807, 2.05) is 16.9 Å². The molecule has 1 atom stereocenters. The van der Waals surface area contributed by atoms with E-state index in [0.717, 1.165) is 18.5 Å². The van der Waals surface area contributed by atoms with Crippen LogP contribution in [0.2, 0.25) is 0 Å². The first-order valence-electron chi connectivity index (χ1n) is 5.64. The van der Waals surface area contributed by atoms with E-state index in [1.165, 1.54) is 5.56 Å². The minimum Gasteiger partial charge on any atom is -0.327 e. The lowest BCUT2D eigenvalue weighted by Crippen LogP contribution is -2.21. The van der Waals surface area contributed by atoms with Crippen LogP contribution in [0.25, 0.3) is 5.69 Å². The van der Waals surface area contributed by atoms with Crippen molar-refractivity contribution in [3.8, 4) is 5.69 Å². The molecule has 2 aromatic rings. The minimum atomic E-state index is 0.260. The van der Waals surface area contributed by atoms with Crippen molar-refractivity contribution in [1.29, 1.82) is 0 Å². The highest BCUT2D eigenvalue weighted by atomic mass is 15.3. The van der Waals surface area contributed by atoms with Gasteiger partial charge in [0.15, 0.2) is 0 Å². The topological polar surface area (TPSA) is 43.8 Å². The van der Waals surface area contributed by atoms with Crippen molar-refractivity contribution >= 4 is 0 Å². The van der Waals surface area contributed by atoms with Gasteiger partial charge in [-0.1, -0.05) is 19.1 Å². The van der Waals surface area contributed by atoms with Gasteiger partial charge in [-0.15, -0.1) is 0 Å². The van der Waals surface area contributed by atoms with E-state index in [0.29, 0.717) is 0 Å². The van der Waals surface area contributed by atoms with Gasteiger partial charge in [0.05, 0.1) is 5.69 Å². The Morgan fingerprint density at radius 1 is 1.31 bits per heavy atom. The van der Waals surface area contributed by atoms with Gasteiger partial charge in [-0.05, 0) is 36.6 Å². The third kappa shape index (κ3) is 2.49. The van der Waals surface area contributed by atoms with Crippen molar-refractivity contribution in [2.75, 3.05) is 0 Å². The van der Waals surface area contributed by atoms with Crippen molar-refractivity contribution in [3.05, 3.63) is 48.3 Å². The lowest BCUT2D eigenvalue weighted by atomic mass is 10.0. The van der Waals surface area contributed by atoms with Crippen LogP contribution in [0.4, 0.5) is 0 Å². The summed E-state index contributed by atoms with van der Waals surface area (Å²) in [7, 11) is 0. The maximum absolute atomic E-state index is 5.92. The molecule has 84 valence electrons. The van der Waals surface area contributed by atoms with Crippen LogP contribution in [0.15, 0.2) is 42.7 Å². The lowest BCUT2D eigenvalue weighted by Gasteiger charge is -2.09. The van der Waals surface area contributed by atoms with Crippen LogP contribution in [-0.4, -0.2) is 15.8 Å². The van der Waals surface area contributed by atoms with Crippen LogP contribution in [0.3, 0.4) is 0 Å². The number of nitrogens with zero attached hydrogens (tertiary/aromatic N) is 2. The second-order valence-electron chi connectivity index (χ2n) is 3.99. The molecule has 0 saturated carbocycles. The SMILES string of the molecule is CCC(N)Cc1ccc(-n2cccn2)cc1. The van der Waals surface area contributed by atoms with Crippen LogP contribution >= 0.6 is 0 Å². The van der Waals surface area contributed by atoms with Gasteiger partial charge in [0.25, 0.3) is 0 Å². The molecule has 0 spiro atoms. The van der Waals surface area contributed by atoms with Gasteiger partial charge in [0, 0.05) is 18.4 Å². The molecule has 0 saturated heterocycles. The summed E-state index contributed by atoms with van der Waals surface area (Å²) in [6.07, 6.45) is 5.67. The summed E-state index contributed by atoms with van der Waals surface area (Å²) in [6.45, 7) is 2.11. The number of hydrogen-bond acceptors (Lipinski definition) is 2. The van der Waals surface area contributed by atoms with Crippen LogP contribution in [-0.2, 0) is 6.42 Å².